The Morgan fingerprint density at radius 2 is 1.97 bits per heavy atom. The molecule has 10 nitrogen and oxygen atoms in total. The number of carbonyl (C=O) groups is 1. The summed E-state index contributed by atoms with van der Waals surface area (Å²) >= 11 is 0. The standard InChI is InChI=1S/C22H27N7O3/c1-23-19-11-18(27-20-16(12-24-29(19)20)21(31)25-13-4-5-13)26-17-3-2-10-28(22(17)32)14-6-8-15(30)9-7-14/h2-3,10-15,23,30H,4-9H2,1H3,(H,25,31)(H,26,27). The van der Waals surface area contributed by atoms with E-state index in [1.54, 1.807) is 34.5 Å². The summed E-state index contributed by atoms with van der Waals surface area (Å²) in [6.45, 7) is 0. The third-order valence-electron chi connectivity index (χ3n) is 6.18. The van der Waals surface area contributed by atoms with Crippen LogP contribution in [0.5, 0.6) is 0 Å². The number of hydrogen-bond acceptors (Lipinski definition) is 7. The third-order valence-corrected chi connectivity index (χ3v) is 6.18. The zero-order valence-electron chi connectivity index (χ0n) is 17.9. The Balaban J connectivity index is 1.47. The molecule has 32 heavy (non-hydrogen) atoms. The number of anilines is 3. The minimum absolute atomic E-state index is 0.0727. The molecule has 0 saturated heterocycles. The van der Waals surface area contributed by atoms with Gasteiger partial charge in [-0.15, -0.1) is 0 Å². The molecule has 0 radical (unpaired) electrons. The second-order valence-electron chi connectivity index (χ2n) is 8.54. The largest absolute Gasteiger partial charge is 0.393 e. The number of rotatable bonds is 6. The Bertz CT molecular complexity index is 1210. The molecule has 5 rings (SSSR count). The number of amides is 1. The van der Waals surface area contributed by atoms with Gasteiger partial charge >= 0.3 is 0 Å². The van der Waals surface area contributed by atoms with Gasteiger partial charge in [-0.1, -0.05) is 0 Å². The average Bonchev–Trinajstić information content (AvgIpc) is 3.50. The second-order valence-corrected chi connectivity index (χ2v) is 8.54. The number of nitrogens with zero attached hydrogens (tertiary/aromatic N) is 4. The van der Waals surface area contributed by atoms with E-state index in [4.69, 9.17) is 0 Å². The van der Waals surface area contributed by atoms with E-state index in [1.165, 1.54) is 6.20 Å². The number of aromatic nitrogens is 4. The predicted octanol–water partition coefficient (Wildman–Crippen LogP) is 2.04. The molecule has 0 unspecified atom stereocenters. The van der Waals surface area contributed by atoms with Crippen molar-refractivity contribution in [3.63, 3.8) is 0 Å². The minimum Gasteiger partial charge on any atom is -0.393 e. The number of nitrogens with one attached hydrogen (secondary N) is 3. The van der Waals surface area contributed by atoms with E-state index in [0.717, 1.165) is 25.7 Å². The zero-order chi connectivity index (χ0) is 22.2. The first-order valence-electron chi connectivity index (χ1n) is 11.1. The van der Waals surface area contributed by atoms with Crippen LogP contribution in [0.2, 0.25) is 0 Å². The molecular formula is C22H27N7O3. The van der Waals surface area contributed by atoms with Gasteiger partial charge in [0.2, 0.25) is 0 Å². The Labute approximate surface area is 184 Å². The Morgan fingerprint density at radius 1 is 1.19 bits per heavy atom. The highest BCUT2D eigenvalue weighted by Gasteiger charge is 2.26. The summed E-state index contributed by atoms with van der Waals surface area (Å²) in [4.78, 5) is 30.3. The van der Waals surface area contributed by atoms with Crippen molar-refractivity contribution in [3.05, 3.63) is 46.5 Å². The zero-order valence-corrected chi connectivity index (χ0v) is 17.9. The van der Waals surface area contributed by atoms with Crippen molar-refractivity contribution >= 4 is 28.9 Å². The van der Waals surface area contributed by atoms with Crippen LogP contribution >= 0.6 is 0 Å². The van der Waals surface area contributed by atoms with Gasteiger partial charge < -0.3 is 25.6 Å². The molecule has 0 aromatic carbocycles. The minimum atomic E-state index is -0.277. The highest BCUT2D eigenvalue weighted by Crippen LogP contribution is 2.28. The topological polar surface area (TPSA) is 126 Å². The van der Waals surface area contributed by atoms with Crippen molar-refractivity contribution in [2.24, 2.45) is 0 Å². The van der Waals surface area contributed by atoms with Crippen LogP contribution in [0.3, 0.4) is 0 Å². The van der Waals surface area contributed by atoms with Crippen LogP contribution in [0.25, 0.3) is 5.65 Å². The molecule has 3 aromatic rings. The van der Waals surface area contributed by atoms with E-state index in [9.17, 15) is 14.7 Å². The molecule has 0 spiro atoms. The second kappa shape index (κ2) is 8.27. The van der Waals surface area contributed by atoms with E-state index < -0.39 is 0 Å². The molecular weight excluding hydrogens is 410 g/mol. The van der Waals surface area contributed by atoms with Crippen LogP contribution in [-0.2, 0) is 0 Å². The Morgan fingerprint density at radius 3 is 2.69 bits per heavy atom. The quantitative estimate of drug-likeness (QED) is 0.465. The van der Waals surface area contributed by atoms with Crippen molar-refractivity contribution in [2.75, 3.05) is 17.7 Å². The van der Waals surface area contributed by atoms with Gasteiger partial charge in [-0.2, -0.15) is 9.61 Å². The maximum atomic E-state index is 13.1. The normalized spacial score (nSPS) is 20.8. The van der Waals surface area contributed by atoms with Crippen LogP contribution in [0, 0.1) is 0 Å². The number of pyridine rings is 1. The smallest absolute Gasteiger partial charge is 0.274 e. The monoisotopic (exact) mass is 437 g/mol. The molecule has 4 N–H and O–H groups in total. The van der Waals surface area contributed by atoms with Crippen LogP contribution < -0.4 is 21.5 Å². The van der Waals surface area contributed by atoms with Gasteiger partial charge in [-0.05, 0) is 50.7 Å². The molecule has 10 heteroatoms. The lowest BCUT2D eigenvalue weighted by Gasteiger charge is -2.27. The van der Waals surface area contributed by atoms with E-state index >= 15 is 0 Å². The number of aliphatic hydroxyl groups is 1. The van der Waals surface area contributed by atoms with Crippen molar-refractivity contribution in [1.82, 2.24) is 24.5 Å². The fraction of sp³-hybridized carbons (Fsp3) is 0.455. The molecule has 2 aliphatic carbocycles. The lowest BCUT2D eigenvalue weighted by molar-refractivity contribution is 0.0952. The van der Waals surface area contributed by atoms with Gasteiger partial charge in [0.25, 0.3) is 11.5 Å². The van der Waals surface area contributed by atoms with E-state index in [0.29, 0.717) is 41.4 Å². The molecule has 0 atom stereocenters. The van der Waals surface area contributed by atoms with Gasteiger partial charge in [0, 0.05) is 31.4 Å². The average molecular weight is 438 g/mol. The van der Waals surface area contributed by atoms with Crippen LogP contribution in [0.1, 0.15) is 54.9 Å². The Hall–Kier alpha value is -3.40. The maximum Gasteiger partial charge on any atom is 0.274 e. The lowest BCUT2D eigenvalue weighted by atomic mass is 9.93. The summed E-state index contributed by atoms with van der Waals surface area (Å²) in [7, 11) is 1.76. The summed E-state index contributed by atoms with van der Waals surface area (Å²) < 4.78 is 3.31. The summed E-state index contributed by atoms with van der Waals surface area (Å²) in [5.74, 6) is 0.882. The summed E-state index contributed by atoms with van der Waals surface area (Å²) in [5.41, 5.74) is 1.07. The van der Waals surface area contributed by atoms with Gasteiger partial charge in [0.15, 0.2) is 5.65 Å². The van der Waals surface area contributed by atoms with Gasteiger partial charge in [-0.25, -0.2) is 4.98 Å². The number of carbonyl (C=O) groups excluding carboxylic acids is 1. The molecule has 168 valence electrons. The van der Waals surface area contributed by atoms with Gasteiger partial charge in [-0.3, -0.25) is 9.59 Å². The van der Waals surface area contributed by atoms with Crippen molar-refractivity contribution in [2.45, 2.75) is 56.7 Å². The fourth-order valence-electron chi connectivity index (χ4n) is 4.22. The van der Waals surface area contributed by atoms with Crippen LogP contribution in [-0.4, -0.2) is 49.4 Å². The maximum absolute atomic E-state index is 13.1. The molecule has 3 aromatic heterocycles. The molecule has 0 bridgehead atoms. The molecule has 2 fully saturated rings. The summed E-state index contributed by atoms with van der Waals surface area (Å²) in [6.07, 6.45) is 7.96. The Kier molecular flexibility index (Phi) is 5.30. The van der Waals surface area contributed by atoms with E-state index in [1.807, 2.05) is 6.07 Å². The van der Waals surface area contributed by atoms with Crippen LogP contribution in [0.15, 0.2) is 35.4 Å². The van der Waals surface area contributed by atoms with E-state index in [-0.39, 0.29) is 29.7 Å². The lowest BCUT2D eigenvalue weighted by Crippen LogP contribution is -2.29. The van der Waals surface area contributed by atoms with Crippen molar-refractivity contribution in [1.29, 1.82) is 0 Å². The summed E-state index contributed by atoms with van der Waals surface area (Å²) in [6, 6.07) is 5.60. The summed E-state index contributed by atoms with van der Waals surface area (Å²) in [5, 5.41) is 23.2. The SMILES string of the molecule is CNc1cc(Nc2cccn(C3CCC(O)CC3)c2=O)nc2c(C(=O)NC3CC3)cnn12. The van der Waals surface area contributed by atoms with E-state index in [2.05, 4.69) is 26.0 Å². The number of fused-ring (bicyclic) bond motifs is 1. The first-order valence-corrected chi connectivity index (χ1v) is 11.1. The molecule has 1 amide bonds. The van der Waals surface area contributed by atoms with Crippen molar-refractivity contribution in [3.8, 4) is 0 Å². The molecule has 2 saturated carbocycles. The highest BCUT2D eigenvalue weighted by atomic mass is 16.3. The molecule has 2 aliphatic rings. The first-order chi connectivity index (χ1) is 15.5. The number of aliphatic hydroxyl groups excluding tert-OH is 1. The highest BCUT2D eigenvalue weighted by molar-refractivity contribution is 6.00. The van der Waals surface area contributed by atoms with Gasteiger partial charge in [0.05, 0.1) is 12.3 Å². The molecule has 3 heterocycles. The fourth-order valence-corrected chi connectivity index (χ4v) is 4.22. The predicted molar refractivity (Wildman–Crippen MR) is 121 cm³/mol. The van der Waals surface area contributed by atoms with Gasteiger partial charge in [0.1, 0.15) is 22.9 Å². The van der Waals surface area contributed by atoms with Crippen molar-refractivity contribution < 1.29 is 9.90 Å². The first kappa shape index (κ1) is 20.5. The number of hydrogen-bond donors (Lipinski definition) is 4. The van der Waals surface area contributed by atoms with Crippen LogP contribution in [0.4, 0.5) is 17.3 Å². The third kappa shape index (κ3) is 3.93. The molecule has 0 aliphatic heterocycles.